The maximum Gasteiger partial charge on any atom is 0.301 e. The Kier molecular flexibility index (Phi) is 6.34. The minimum Gasteiger partial charge on any atom is -0.507 e. The van der Waals surface area contributed by atoms with Crippen LogP contribution in [0.2, 0.25) is 10.0 Å². The molecule has 0 aliphatic carbocycles. The van der Waals surface area contributed by atoms with Gasteiger partial charge < -0.3 is 14.6 Å². The average Bonchev–Trinajstić information content (AvgIpc) is 3.42. The third-order valence-electron chi connectivity index (χ3n) is 5.86. The van der Waals surface area contributed by atoms with Crippen LogP contribution in [0.15, 0.2) is 66.2 Å². The lowest BCUT2D eigenvalue weighted by molar-refractivity contribution is -0.132. The molecule has 0 unspecified atom stereocenters. The first-order chi connectivity index (χ1) is 17.3. The number of aromatic nitrogens is 1. The third kappa shape index (κ3) is 4.07. The Morgan fingerprint density at radius 3 is 2.31 bits per heavy atom. The number of carbonyl (C=O) groups is 2. The fraction of sp³-hybridized carbons (Fsp3) is 0.115. The average molecular weight is 541 g/mol. The number of hydrogen-bond acceptors (Lipinski definition) is 7. The van der Waals surface area contributed by atoms with E-state index in [2.05, 4.69) is 4.98 Å². The van der Waals surface area contributed by atoms with Gasteiger partial charge in [-0.1, -0.05) is 40.6 Å². The van der Waals surface area contributed by atoms with E-state index in [4.69, 9.17) is 32.7 Å². The molecule has 1 N–H and O–H groups in total. The van der Waals surface area contributed by atoms with Crippen LogP contribution in [-0.2, 0) is 9.59 Å². The quantitative estimate of drug-likeness (QED) is 0.183. The maximum absolute atomic E-state index is 13.4. The molecule has 7 nitrogen and oxygen atoms in total. The smallest absolute Gasteiger partial charge is 0.301 e. The van der Waals surface area contributed by atoms with E-state index in [1.807, 2.05) is 0 Å². The van der Waals surface area contributed by atoms with E-state index in [9.17, 15) is 14.7 Å². The Hall–Kier alpha value is -3.59. The molecule has 1 amide bonds. The second-order valence-corrected chi connectivity index (χ2v) is 9.72. The molecular formula is C26H18Cl2N2O5S. The number of benzene rings is 3. The van der Waals surface area contributed by atoms with Crippen LogP contribution in [0.25, 0.3) is 16.0 Å². The number of methoxy groups -OCH3 is 2. The summed E-state index contributed by atoms with van der Waals surface area (Å²) in [5.41, 5.74) is 1.41. The van der Waals surface area contributed by atoms with Gasteiger partial charge in [-0.15, -0.1) is 0 Å². The number of fused-ring (bicyclic) bond motifs is 1. The van der Waals surface area contributed by atoms with Gasteiger partial charge in [0.2, 0.25) is 0 Å². The molecule has 1 aliphatic heterocycles. The summed E-state index contributed by atoms with van der Waals surface area (Å²) in [4.78, 5) is 32.6. The zero-order valence-electron chi connectivity index (χ0n) is 19.0. The number of anilines is 1. The molecule has 182 valence electrons. The lowest BCUT2D eigenvalue weighted by Crippen LogP contribution is -2.29. The lowest BCUT2D eigenvalue weighted by Gasteiger charge is -2.23. The monoisotopic (exact) mass is 540 g/mol. The number of Topliss-reactive ketones (excluding diaryl/α,β-unsaturated/α-hetero) is 1. The standard InChI is InChI=1S/C26H18Cl2N2O5S/c1-34-15-6-3-13(4-7-15)23(31)21-22(14-5-9-17(27)18(28)11-14)30(25(33)24(21)32)26-29-19-10-8-16(35-2)12-20(19)36-26/h3-12,22,31H,1-2H3/t22-/m1/s1. The summed E-state index contributed by atoms with van der Waals surface area (Å²) in [7, 11) is 3.09. The van der Waals surface area contributed by atoms with Gasteiger partial charge in [0.15, 0.2) is 5.13 Å². The molecule has 1 fully saturated rings. The van der Waals surface area contributed by atoms with Crippen molar-refractivity contribution in [1.82, 2.24) is 4.98 Å². The van der Waals surface area contributed by atoms with E-state index in [1.54, 1.807) is 67.8 Å². The van der Waals surface area contributed by atoms with E-state index >= 15 is 0 Å². The van der Waals surface area contributed by atoms with E-state index in [0.717, 1.165) is 4.70 Å². The van der Waals surface area contributed by atoms with Crippen LogP contribution >= 0.6 is 34.5 Å². The van der Waals surface area contributed by atoms with Crippen LogP contribution in [0.3, 0.4) is 0 Å². The summed E-state index contributed by atoms with van der Waals surface area (Å²) in [5.74, 6) is -0.751. The first kappa shape index (κ1) is 24.1. The Morgan fingerprint density at radius 2 is 1.64 bits per heavy atom. The number of hydrogen-bond donors (Lipinski definition) is 1. The van der Waals surface area contributed by atoms with Gasteiger partial charge in [-0.05, 0) is 60.2 Å². The molecule has 36 heavy (non-hydrogen) atoms. The fourth-order valence-electron chi connectivity index (χ4n) is 4.05. The van der Waals surface area contributed by atoms with E-state index < -0.39 is 17.7 Å². The van der Waals surface area contributed by atoms with Crippen molar-refractivity contribution in [2.45, 2.75) is 6.04 Å². The van der Waals surface area contributed by atoms with Crippen LogP contribution in [-0.4, -0.2) is 36.0 Å². The van der Waals surface area contributed by atoms with E-state index in [0.29, 0.717) is 38.3 Å². The normalized spacial score (nSPS) is 17.1. The van der Waals surface area contributed by atoms with Crippen LogP contribution in [0, 0.1) is 0 Å². The third-order valence-corrected chi connectivity index (χ3v) is 7.61. The summed E-state index contributed by atoms with van der Waals surface area (Å²) in [6, 6.07) is 15.7. The van der Waals surface area contributed by atoms with Gasteiger partial charge in [0, 0.05) is 5.56 Å². The molecule has 10 heteroatoms. The van der Waals surface area contributed by atoms with Gasteiger partial charge in [-0.2, -0.15) is 0 Å². The molecule has 1 aliphatic rings. The van der Waals surface area contributed by atoms with Crippen molar-refractivity contribution in [3.05, 3.63) is 87.4 Å². The van der Waals surface area contributed by atoms with Gasteiger partial charge >= 0.3 is 5.91 Å². The molecule has 2 heterocycles. The molecule has 0 bridgehead atoms. The van der Waals surface area contributed by atoms with Crippen LogP contribution in [0.4, 0.5) is 5.13 Å². The topological polar surface area (TPSA) is 89.0 Å². The lowest BCUT2D eigenvalue weighted by atomic mass is 9.95. The molecule has 4 aromatic rings. The molecule has 1 aromatic heterocycles. The predicted octanol–water partition coefficient (Wildman–Crippen LogP) is 6.25. The largest absolute Gasteiger partial charge is 0.507 e. The zero-order chi connectivity index (χ0) is 25.6. The second-order valence-electron chi connectivity index (χ2n) is 7.90. The minimum absolute atomic E-state index is 0.0830. The van der Waals surface area contributed by atoms with Gasteiger partial charge in [0.25, 0.3) is 5.78 Å². The maximum atomic E-state index is 13.4. The number of nitrogens with zero attached hydrogens (tertiary/aromatic N) is 2. The number of ketones is 1. The molecule has 0 spiro atoms. The zero-order valence-corrected chi connectivity index (χ0v) is 21.3. The minimum atomic E-state index is -0.982. The van der Waals surface area contributed by atoms with Gasteiger partial charge in [-0.3, -0.25) is 14.5 Å². The molecule has 1 saturated heterocycles. The fourth-order valence-corrected chi connectivity index (χ4v) is 5.38. The van der Waals surface area contributed by atoms with Crippen LogP contribution < -0.4 is 14.4 Å². The Bertz CT molecular complexity index is 1550. The second kappa shape index (κ2) is 9.46. The van der Waals surface area contributed by atoms with Crippen molar-refractivity contribution in [3.8, 4) is 11.5 Å². The number of amides is 1. The van der Waals surface area contributed by atoms with Gasteiger partial charge in [-0.25, -0.2) is 4.98 Å². The number of aliphatic hydroxyl groups is 1. The highest BCUT2D eigenvalue weighted by Gasteiger charge is 2.48. The summed E-state index contributed by atoms with van der Waals surface area (Å²) in [6.07, 6.45) is 0. The van der Waals surface area contributed by atoms with Crippen LogP contribution in [0.5, 0.6) is 11.5 Å². The van der Waals surface area contributed by atoms with Gasteiger partial charge in [0.05, 0.1) is 46.1 Å². The number of ether oxygens (including phenoxy) is 2. The number of thiazole rings is 1. The number of halogens is 2. The van der Waals surface area contributed by atoms with Crippen molar-refractivity contribution < 1.29 is 24.2 Å². The van der Waals surface area contributed by atoms with Crippen molar-refractivity contribution in [3.63, 3.8) is 0 Å². The molecule has 3 aromatic carbocycles. The number of aliphatic hydroxyl groups excluding tert-OH is 1. The van der Waals surface area contributed by atoms with Crippen molar-refractivity contribution in [2.24, 2.45) is 0 Å². The predicted molar refractivity (Wildman–Crippen MR) is 140 cm³/mol. The highest BCUT2D eigenvalue weighted by atomic mass is 35.5. The number of carbonyl (C=O) groups excluding carboxylic acids is 2. The van der Waals surface area contributed by atoms with E-state index in [1.165, 1.54) is 23.3 Å². The molecule has 0 saturated carbocycles. The van der Waals surface area contributed by atoms with Crippen molar-refractivity contribution in [2.75, 3.05) is 19.1 Å². The Labute approximate surface area is 220 Å². The highest BCUT2D eigenvalue weighted by Crippen LogP contribution is 2.45. The SMILES string of the molecule is COc1ccc(C(O)=C2C(=O)C(=O)N(c3nc4ccc(OC)cc4s3)[C@@H]2c2ccc(Cl)c(Cl)c2)cc1. The summed E-state index contributed by atoms with van der Waals surface area (Å²) in [5, 5.41) is 12.1. The van der Waals surface area contributed by atoms with Crippen molar-refractivity contribution >= 4 is 67.3 Å². The summed E-state index contributed by atoms with van der Waals surface area (Å²) in [6.45, 7) is 0. The van der Waals surface area contributed by atoms with Crippen LogP contribution in [0.1, 0.15) is 17.2 Å². The first-order valence-corrected chi connectivity index (χ1v) is 12.2. The highest BCUT2D eigenvalue weighted by molar-refractivity contribution is 7.22. The Balaban J connectivity index is 1.71. The summed E-state index contributed by atoms with van der Waals surface area (Å²) >= 11 is 13.7. The molecule has 5 rings (SSSR count). The van der Waals surface area contributed by atoms with Gasteiger partial charge in [0.1, 0.15) is 17.3 Å². The van der Waals surface area contributed by atoms with E-state index in [-0.39, 0.29) is 16.4 Å². The van der Waals surface area contributed by atoms with Crippen molar-refractivity contribution in [1.29, 1.82) is 0 Å². The molecular weight excluding hydrogens is 523 g/mol. The molecule has 1 atom stereocenters. The molecule has 0 radical (unpaired) electrons. The summed E-state index contributed by atoms with van der Waals surface area (Å²) < 4.78 is 11.2. The Morgan fingerprint density at radius 1 is 0.944 bits per heavy atom. The number of rotatable bonds is 5. The first-order valence-electron chi connectivity index (χ1n) is 10.7.